The molecule has 6 heteroatoms. The lowest BCUT2D eigenvalue weighted by Crippen LogP contribution is -2.14. The molecule has 5 nitrogen and oxygen atoms in total. The van der Waals surface area contributed by atoms with Crippen molar-refractivity contribution in [3.63, 3.8) is 0 Å². The Morgan fingerprint density at radius 1 is 1.50 bits per heavy atom. The van der Waals surface area contributed by atoms with Crippen LogP contribution in [-0.2, 0) is 20.1 Å². The van der Waals surface area contributed by atoms with Crippen molar-refractivity contribution in [1.29, 1.82) is 0 Å². The van der Waals surface area contributed by atoms with E-state index in [0.29, 0.717) is 0 Å². The maximum atomic E-state index is 4.00. The van der Waals surface area contributed by atoms with Crippen molar-refractivity contribution in [3.8, 4) is 0 Å². The Morgan fingerprint density at radius 2 is 2.43 bits per heavy atom. The molecule has 0 bridgehead atoms. The topological polar surface area (TPSA) is 55.6 Å². The molecule has 0 aliphatic rings. The van der Waals surface area contributed by atoms with Crippen LogP contribution in [0.15, 0.2) is 18.0 Å². The lowest BCUT2D eigenvalue weighted by Gasteiger charge is -2.01. The van der Waals surface area contributed by atoms with E-state index in [9.17, 15) is 0 Å². The molecule has 0 radical (unpaired) electrons. The van der Waals surface area contributed by atoms with Crippen molar-refractivity contribution in [1.82, 2.24) is 25.1 Å². The van der Waals surface area contributed by atoms with Gasteiger partial charge in [-0.05, 0) is 0 Å². The first-order valence-electron chi connectivity index (χ1n) is 4.27. The summed E-state index contributed by atoms with van der Waals surface area (Å²) in [6.45, 7) is 1.56. The fraction of sp³-hybridized carbons (Fsp3) is 0.375. The minimum atomic E-state index is 0.731. The first-order chi connectivity index (χ1) is 6.86. The first-order valence-corrected chi connectivity index (χ1v) is 5.15. The molecular formula is C8H11N5S. The molecule has 0 saturated carbocycles. The predicted octanol–water partition coefficient (Wildman–Crippen LogP) is 0.561. The molecule has 0 atom stereocenters. The zero-order valence-corrected chi connectivity index (χ0v) is 8.66. The number of hydrogen-bond acceptors (Lipinski definition) is 5. The second-order valence-corrected chi connectivity index (χ2v) is 3.90. The smallest absolute Gasteiger partial charge is 0.146 e. The van der Waals surface area contributed by atoms with E-state index in [4.69, 9.17) is 0 Å². The van der Waals surface area contributed by atoms with E-state index in [1.807, 2.05) is 23.3 Å². The third-order valence-electron chi connectivity index (χ3n) is 1.87. The summed E-state index contributed by atoms with van der Waals surface area (Å²) in [5, 5.41) is 11.1. The molecule has 2 rings (SSSR count). The van der Waals surface area contributed by atoms with Crippen molar-refractivity contribution >= 4 is 11.3 Å². The van der Waals surface area contributed by atoms with Gasteiger partial charge in [0.15, 0.2) is 0 Å². The maximum absolute atomic E-state index is 4.00. The van der Waals surface area contributed by atoms with Crippen LogP contribution in [0, 0.1) is 0 Å². The standard InChI is InChI=1S/C8H11N5S/c1-13-5-11-12-8(13)4-9-2-7-3-10-6-14-7/h3,5-6,9H,2,4H2,1H3. The number of aromatic nitrogens is 4. The van der Waals surface area contributed by atoms with Gasteiger partial charge in [-0.25, -0.2) is 0 Å². The molecule has 0 saturated heterocycles. The van der Waals surface area contributed by atoms with Gasteiger partial charge in [-0.15, -0.1) is 21.5 Å². The Hall–Kier alpha value is -1.27. The second-order valence-electron chi connectivity index (χ2n) is 2.93. The largest absolute Gasteiger partial charge is 0.320 e. The lowest BCUT2D eigenvalue weighted by molar-refractivity contribution is 0.641. The summed E-state index contributed by atoms with van der Waals surface area (Å²) in [7, 11) is 1.93. The molecule has 2 aromatic rings. The molecule has 0 aliphatic heterocycles. The summed E-state index contributed by atoms with van der Waals surface area (Å²) in [6, 6.07) is 0. The van der Waals surface area contributed by atoms with Crippen molar-refractivity contribution in [2.75, 3.05) is 0 Å². The van der Waals surface area contributed by atoms with Crippen LogP contribution in [0.5, 0.6) is 0 Å². The molecule has 0 unspecified atom stereocenters. The second kappa shape index (κ2) is 4.30. The molecule has 2 aromatic heterocycles. The number of hydrogen-bond donors (Lipinski definition) is 1. The SMILES string of the molecule is Cn1cnnc1CNCc1cncs1. The van der Waals surface area contributed by atoms with Crippen LogP contribution >= 0.6 is 11.3 Å². The zero-order chi connectivity index (χ0) is 9.80. The van der Waals surface area contributed by atoms with Gasteiger partial charge in [0, 0.05) is 24.7 Å². The first kappa shape index (κ1) is 9.29. The van der Waals surface area contributed by atoms with E-state index >= 15 is 0 Å². The predicted molar refractivity (Wildman–Crippen MR) is 53.7 cm³/mol. The highest BCUT2D eigenvalue weighted by Gasteiger charge is 1.99. The molecule has 14 heavy (non-hydrogen) atoms. The van der Waals surface area contributed by atoms with Gasteiger partial charge in [0.25, 0.3) is 0 Å². The van der Waals surface area contributed by atoms with Crippen LogP contribution in [-0.4, -0.2) is 19.7 Å². The Kier molecular flexibility index (Phi) is 2.85. The van der Waals surface area contributed by atoms with Gasteiger partial charge in [-0.3, -0.25) is 4.98 Å². The molecular weight excluding hydrogens is 198 g/mol. The third kappa shape index (κ3) is 2.15. The van der Waals surface area contributed by atoms with Crippen LogP contribution in [0.4, 0.5) is 0 Å². The summed E-state index contributed by atoms with van der Waals surface area (Å²) in [5.41, 5.74) is 1.83. The Balaban J connectivity index is 1.81. The summed E-state index contributed by atoms with van der Waals surface area (Å²) < 4.78 is 1.90. The average Bonchev–Trinajstić information content (AvgIpc) is 2.78. The van der Waals surface area contributed by atoms with Gasteiger partial charge in [0.1, 0.15) is 12.2 Å². The number of rotatable bonds is 4. The molecule has 0 fully saturated rings. The monoisotopic (exact) mass is 209 g/mol. The molecule has 0 aromatic carbocycles. The number of nitrogens with zero attached hydrogens (tertiary/aromatic N) is 4. The van der Waals surface area contributed by atoms with E-state index < -0.39 is 0 Å². The molecule has 1 N–H and O–H groups in total. The van der Waals surface area contributed by atoms with E-state index in [0.717, 1.165) is 18.9 Å². The maximum Gasteiger partial charge on any atom is 0.146 e. The molecule has 0 spiro atoms. The minimum Gasteiger partial charge on any atom is -0.320 e. The van der Waals surface area contributed by atoms with E-state index in [-0.39, 0.29) is 0 Å². The Morgan fingerprint density at radius 3 is 3.07 bits per heavy atom. The van der Waals surface area contributed by atoms with Crippen LogP contribution in [0.1, 0.15) is 10.7 Å². The third-order valence-corrected chi connectivity index (χ3v) is 2.65. The fourth-order valence-electron chi connectivity index (χ4n) is 1.09. The Bertz CT molecular complexity index is 380. The van der Waals surface area contributed by atoms with Crippen LogP contribution in [0.3, 0.4) is 0 Å². The Labute approximate surface area is 85.8 Å². The normalized spacial score (nSPS) is 10.6. The van der Waals surface area contributed by atoms with Crippen molar-refractivity contribution in [2.24, 2.45) is 7.05 Å². The van der Waals surface area contributed by atoms with Gasteiger partial charge < -0.3 is 9.88 Å². The highest BCUT2D eigenvalue weighted by Crippen LogP contribution is 2.04. The van der Waals surface area contributed by atoms with E-state index in [1.54, 1.807) is 17.7 Å². The van der Waals surface area contributed by atoms with Gasteiger partial charge >= 0.3 is 0 Å². The van der Waals surface area contributed by atoms with E-state index in [1.165, 1.54) is 4.88 Å². The fourth-order valence-corrected chi connectivity index (χ4v) is 1.66. The van der Waals surface area contributed by atoms with Crippen molar-refractivity contribution in [3.05, 3.63) is 28.7 Å². The number of thiazole rings is 1. The molecule has 2 heterocycles. The van der Waals surface area contributed by atoms with E-state index in [2.05, 4.69) is 20.5 Å². The van der Waals surface area contributed by atoms with Crippen LogP contribution in [0.25, 0.3) is 0 Å². The highest BCUT2D eigenvalue weighted by atomic mass is 32.1. The molecule has 0 aliphatic carbocycles. The van der Waals surface area contributed by atoms with Gasteiger partial charge in [-0.2, -0.15) is 0 Å². The van der Waals surface area contributed by atoms with Gasteiger partial charge in [0.05, 0.1) is 12.1 Å². The number of nitrogens with one attached hydrogen (secondary N) is 1. The summed E-state index contributed by atoms with van der Waals surface area (Å²) in [5.74, 6) is 0.939. The summed E-state index contributed by atoms with van der Waals surface area (Å²) >= 11 is 1.65. The van der Waals surface area contributed by atoms with Crippen LogP contribution < -0.4 is 5.32 Å². The quantitative estimate of drug-likeness (QED) is 0.799. The van der Waals surface area contributed by atoms with Gasteiger partial charge in [0.2, 0.25) is 0 Å². The van der Waals surface area contributed by atoms with Crippen molar-refractivity contribution < 1.29 is 0 Å². The number of aryl methyl sites for hydroxylation is 1. The average molecular weight is 209 g/mol. The van der Waals surface area contributed by atoms with Crippen molar-refractivity contribution in [2.45, 2.75) is 13.1 Å². The summed E-state index contributed by atoms with van der Waals surface area (Å²) in [6.07, 6.45) is 3.57. The van der Waals surface area contributed by atoms with Crippen LogP contribution in [0.2, 0.25) is 0 Å². The minimum absolute atomic E-state index is 0.731. The lowest BCUT2D eigenvalue weighted by atomic mass is 10.5. The summed E-state index contributed by atoms with van der Waals surface area (Å²) in [4.78, 5) is 5.23. The van der Waals surface area contributed by atoms with Gasteiger partial charge in [-0.1, -0.05) is 0 Å². The molecule has 74 valence electrons. The highest BCUT2D eigenvalue weighted by molar-refractivity contribution is 7.09. The molecule has 0 amide bonds. The zero-order valence-electron chi connectivity index (χ0n) is 7.84.